The van der Waals surface area contributed by atoms with Gasteiger partial charge in [-0.15, -0.1) is 0 Å². The summed E-state index contributed by atoms with van der Waals surface area (Å²) in [6.45, 7) is 12.4. The number of nitrogens with one attached hydrogen (secondary N) is 2. The Kier molecular flexibility index (Phi) is 8.12. The minimum atomic E-state index is -1.07. The molecule has 0 aliphatic carbocycles. The maximum Gasteiger partial charge on any atom is 0.272 e. The van der Waals surface area contributed by atoms with E-state index in [4.69, 9.17) is 0 Å². The molecular weight excluding hydrogens is 422 g/mol. The predicted octanol–water partition coefficient (Wildman–Crippen LogP) is 0.257. The number of likely N-dealkylation sites (N-methyl/N-ethyl adjacent to an activating group) is 2. The van der Waals surface area contributed by atoms with Gasteiger partial charge in [0.15, 0.2) is 5.69 Å². The van der Waals surface area contributed by atoms with Gasteiger partial charge in [-0.1, -0.05) is 13.8 Å². The molecule has 184 valence electrons. The highest BCUT2D eigenvalue weighted by atomic mass is 16.2. The van der Waals surface area contributed by atoms with E-state index in [1.54, 1.807) is 14.0 Å². The fourth-order valence-electron chi connectivity index (χ4n) is 4.17. The van der Waals surface area contributed by atoms with Gasteiger partial charge in [0.2, 0.25) is 5.91 Å². The van der Waals surface area contributed by atoms with Gasteiger partial charge in [-0.3, -0.25) is 19.1 Å². The summed E-state index contributed by atoms with van der Waals surface area (Å²) >= 11 is 0. The molecule has 10 nitrogen and oxygen atoms in total. The third kappa shape index (κ3) is 5.92. The number of carbonyl (C=O) groups is 3. The summed E-state index contributed by atoms with van der Waals surface area (Å²) in [5, 5.41) is 10.2. The fraction of sp³-hybridized carbons (Fsp3) is 0.739. The van der Waals surface area contributed by atoms with Crippen molar-refractivity contribution in [3.63, 3.8) is 0 Å². The monoisotopic (exact) mass is 461 g/mol. The Bertz CT molecular complexity index is 860. The molecule has 2 aliphatic heterocycles. The van der Waals surface area contributed by atoms with E-state index in [2.05, 4.69) is 46.4 Å². The van der Waals surface area contributed by atoms with Crippen molar-refractivity contribution >= 4 is 17.7 Å². The van der Waals surface area contributed by atoms with E-state index in [0.717, 1.165) is 45.6 Å². The van der Waals surface area contributed by atoms with Gasteiger partial charge in [0.1, 0.15) is 11.2 Å². The lowest BCUT2D eigenvalue weighted by molar-refractivity contribution is -0.132. The SMILES string of the molecule is CC(C)CCNC(=O)C1(C)Cn2nc(C(=O)NCCCN3CCN(C)CC3)cc2C(=O)N1C. The molecule has 0 radical (unpaired) electrons. The Balaban J connectivity index is 1.56. The van der Waals surface area contributed by atoms with E-state index in [1.807, 2.05) is 0 Å². The summed E-state index contributed by atoms with van der Waals surface area (Å²) in [4.78, 5) is 44.7. The van der Waals surface area contributed by atoms with Crippen LogP contribution < -0.4 is 10.6 Å². The third-order valence-electron chi connectivity index (χ3n) is 6.76. The lowest BCUT2D eigenvalue weighted by Gasteiger charge is -2.40. The standard InChI is InChI=1S/C23H39N7O3/c1-17(2)7-9-25-22(33)23(3)16-30-19(21(32)28(23)5)15-18(26-30)20(31)24-8-6-10-29-13-11-27(4)12-14-29/h15,17H,6-14,16H2,1-5H3,(H,24,31)(H,25,33). The molecular formula is C23H39N7O3. The summed E-state index contributed by atoms with van der Waals surface area (Å²) in [7, 11) is 3.76. The van der Waals surface area contributed by atoms with Crippen LogP contribution in [0.1, 0.15) is 54.6 Å². The van der Waals surface area contributed by atoms with E-state index >= 15 is 0 Å². The minimum Gasteiger partial charge on any atom is -0.354 e. The average Bonchev–Trinajstić information content (AvgIpc) is 3.20. The van der Waals surface area contributed by atoms with Crippen LogP contribution in [0.3, 0.4) is 0 Å². The maximum absolute atomic E-state index is 13.0. The minimum absolute atomic E-state index is 0.203. The van der Waals surface area contributed by atoms with E-state index in [1.165, 1.54) is 15.6 Å². The largest absolute Gasteiger partial charge is 0.354 e. The summed E-state index contributed by atoms with van der Waals surface area (Å²) < 4.78 is 1.49. The van der Waals surface area contributed by atoms with Gasteiger partial charge < -0.3 is 25.3 Å². The number of aromatic nitrogens is 2. The van der Waals surface area contributed by atoms with Crippen LogP contribution in [0.25, 0.3) is 0 Å². The number of hydrogen-bond acceptors (Lipinski definition) is 6. The van der Waals surface area contributed by atoms with Crippen molar-refractivity contribution in [3.05, 3.63) is 17.5 Å². The molecule has 1 aromatic rings. The number of fused-ring (bicyclic) bond motifs is 1. The molecule has 1 saturated heterocycles. The molecule has 0 aromatic carbocycles. The molecule has 33 heavy (non-hydrogen) atoms. The first kappa shape index (κ1) is 25.2. The molecule has 3 rings (SSSR count). The quantitative estimate of drug-likeness (QED) is 0.512. The van der Waals surface area contributed by atoms with Crippen LogP contribution in [0.4, 0.5) is 0 Å². The van der Waals surface area contributed by atoms with Crippen molar-refractivity contribution < 1.29 is 14.4 Å². The van der Waals surface area contributed by atoms with Crippen molar-refractivity contribution in [2.75, 3.05) is 59.9 Å². The summed E-state index contributed by atoms with van der Waals surface area (Å²) in [6.07, 6.45) is 1.73. The van der Waals surface area contributed by atoms with Gasteiger partial charge in [0.25, 0.3) is 11.8 Å². The van der Waals surface area contributed by atoms with E-state index in [0.29, 0.717) is 24.7 Å². The Hall–Kier alpha value is -2.46. The van der Waals surface area contributed by atoms with Crippen LogP contribution in [0, 0.1) is 5.92 Å². The van der Waals surface area contributed by atoms with Gasteiger partial charge in [-0.2, -0.15) is 5.10 Å². The van der Waals surface area contributed by atoms with Gasteiger partial charge in [-0.25, -0.2) is 0 Å². The first-order valence-corrected chi connectivity index (χ1v) is 11.9. The average molecular weight is 462 g/mol. The Morgan fingerprint density at radius 2 is 1.82 bits per heavy atom. The van der Waals surface area contributed by atoms with E-state index in [9.17, 15) is 14.4 Å². The summed E-state index contributed by atoms with van der Waals surface area (Å²) in [5.41, 5.74) is -0.535. The van der Waals surface area contributed by atoms with Crippen LogP contribution in [-0.2, 0) is 11.3 Å². The number of piperazine rings is 1. The number of nitrogens with zero attached hydrogens (tertiary/aromatic N) is 5. The molecule has 10 heteroatoms. The summed E-state index contributed by atoms with van der Waals surface area (Å²) in [5.74, 6) is -0.350. The molecule has 0 spiro atoms. The fourth-order valence-corrected chi connectivity index (χ4v) is 4.17. The van der Waals surface area contributed by atoms with Crippen molar-refractivity contribution in [2.24, 2.45) is 5.92 Å². The zero-order chi connectivity index (χ0) is 24.2. The smallest absolute Gasteiger partial charge is 0.272 e. The molecule has 1 fully saturated rings. The van der Waals surface area contributed by atoms with Gasteiger partial charge in [0.05, 0.1) is 6.54 Å². The lowest BCUT2D eigenvalue weighted by Crippen LogP contribution is -2.62. The zero-order valence-corrected chi connectivity index (χ0v) is 20.7. The molecule has 2 aliphatic rings. The molecule has 3 heterocycles. The first-order valence-electron chi connectivity index (χ1n) is 11.9. The van der Waals surface area contributed by atoms with Crippen LogP contribution in [0.15, 0.2) is 6.07 Å². The molecule has 0 bridgehead atoms. The Morgan fingerprint density at radius 1 is 1.12 bits per heavy atom. The van der Waals surface area contributed by atoms with Crippen molar-refractivity contribution in [1.82, 2.24) is 35.1 Å². The van der Waals surface area contributed by atoms with Crippen molar-refractivity contribution in [2.45, 2.75) is 45.7 Å². The highest BCUT2D eigenvalue weighted by molar-refractivity contribution is 6.01. The highest BCUT2D eigenvalue weighted by Gasteiger charge is 2.46. The lowest BCUT2D eigenvalue weighted by atomic mass is 9.95. The zero-order valence-electron chi connectivity index (χ0n) is 20.7. The second-order valence-electron chi connectivity index (χ2n) is 9.90. The second-order valence-corrected chi connectivity index (χ2v) is 9.90. The second kappa shape index (κ2) is 10.6. The van der Waals surface area contributed by atoms with Gasteiger partial charge >= 0.3 is 0 Å². The van der Waals surface area contributed by atoms with E-state index < -0.39 is 5.54 Å². The van der Waals surface area contributed by atoms with Crippen molar-refractivity contribution in [1.29, 1.82) is 0 Å². The molecule has 3 amide bonds. The molecule has 1 atom stereocenters. The van der Waals surface area contributed by atoms with Crippen LogP contribution in [0.2, 0.25) is 0 Å². The normalized spacial score (nSPS) is 21.9. The number of carbonyl (C=O) groups excluding carboxylic acids is 3. The molecule has 0 saturated carbocycles. The predicted molar refractivity (Wildman–Crippen MR) is 126 cm³/mol. The Labute approximate surface area is 196 Å². The Morgan fingerprint density at radius 3 is 2.48 bits per heavy atom. The molecule has 1 unspecified atom stereocenters. The number of rotatable bonds is 9. The van der Waals surface area contributed by atoms with Crippen molar-refractivity contribution in [3.8, 4) is 0 Å². The van der Waals surface area contributed by atoms with Crippen LogP contribution >= 0.6 is 0 Å². The van der Waals surface area contributed by atoms with E-state index in [-0.39, 0.29) is 30.0 Å². The van der Waals surface area contributed by atoms with Gasteiger partial charge in [0, 0.05) is 52.4 Å². The third-order valence-corrected chi connectivity index (χ3v) is 6.76. The van der Waals surface area contributed by atoms with Crippen LogP contribution in [-0.4, -0.2) is 108 Å². The number of hydrogen-bond donors (Lipinski definition) is 2. The molecule has 2 N–H and O–H groups in total. The summed E-state index contributed by atoms with van der Waals surface area (Å²) in [6, 6.07) is 1.52. The van der Waals surface area contributed by atoms with Crippen LogP contribution in [0.5, 0.6) is 0 Å². The molecule has 1 aromatic heterocycles. The maximum atomic E-state index is 13.0. The van der Waals surface area contributed by atoms with Gasteiger partial charge in [-0.05, 0) is 39.3 Å². The highest BCUT2D eigenvalue weighted by Crippen LogP contribution is 2.26. The number of amides is 3. The topological polar surface area (TPSA) is 103 Å². The first-order chi connectivity index (χ1) is 15.6.